The van der Waals surface area contributed by atoms with Crippen LogP contribution < -0.4 is 5.32 Å². The SMILES string of the molecule is Cc1csc(Nc2cccc(Br)c2C)n1. The van der Waals surface area contributed by atoms with Crippen LogP contribution in [0, 0.1) is 13.8 Å². The number of hydrogen-bond acceptors (Lipinski definition) is 3. The number of halogens is 1. The molecule has 2 rings (SSSR count). The number of nitrogens with one attached hydrogen (secondary N) is 1. The molecule has 0 aliphatic heterocycles. The van der Waals surface area contributed by atoms with E-state index in [0.29, 0.717) is 0 Å². The molecule has 0 bridgehead atoms. The lowest BCUT2D eigenvalue weighted by Gasteiger charge is -2.07. The van der Waals surface area contributed by atoms with Crippen molar-refractivity contribution in [1.29, 1.82) is 0 Å². The smallest absolute Gasteiger partial charge is 0.187 e. The number of nitrogens with zero attached hydrogens (tertiary/aromatic N) is 1. The average molecular weight is 283 g/mol. The highest BCUT2D eigenvalue weighted by Crippen LogP contribution is 2.27. The van der Waals surface area contributed by atoms with Crippen molar-refractivity contribution in [3.8, 4) is 0 Å². The number of aromatic nitrogens is 1. The van der Waals surface area contributed by atoms with Gasteiger partial charge in [-0.3, -0.25) is 0 Å². The molecule has 1 aromatic heterocycles. The summed E-state index contributed by atoms with van der Waals surface area (Å²) in [6.45, 7) is 4.07. The van der Waals surface area contributed by atoms with Crippen LogP contribution in [0.1, 0.15) is 11.3 Å². The molecule has 0 fully saturated rings. The molecule has 4 heteroatoms. The minimum atomic E-state index is 0.939. The van der Waals surface area contributed by atoms with Gasteiger partial charge < -0.3 is 5.32 Å². The molecule has 0 saturated heterocycles. The second-order valence-electron chi connectivity index (χ2n) is 3.33. The summed E-state index contributed by atoms with van der Waals surface area (Å²) < 4.78 is 1.11. The Morgan fingerprint density at radius 3 is 2.80 bits per heavy atom. The monoisotopic (exact) mass is 282 g/mol. The molecule has 78 valence electrons. The Kier molecular flexibility index (Phi) is 3.07. The van der Waals surface area contributed by atoms with Crippen LogP contribution in [0.25, 0.3) is 0 Å². The van der Waals surface area contributed by atoms with Crippen LogP contribution in [0.4, 0.5) is 10.8 Å². The molecule has 2 aromatic rings. The highest BCUT2D eigenvalue weighted by molar-refractivity contribution is 9.10. The molecule has 0 radical (unpaired) electrons. The number of anilines is 2. The fourth-order valence-corrected chi connectivity index (χ4v) is 2.34. The van der Waals surface area contributed by atoms with Crippen molar-refractivity contribution in [1.82, 2.24) is 4.98 Å². The van der Waals surface area contributed by atoms with Crippen molar-refractivity contribution in [2.75, 3.05) is 5.32 Å². The van der Waals surface area contributed by atoms with Crippen molar-refractivity contribution >= 4 is 38.1 Å². The van der Waals surface area contributed by atoms with Gasteiger partial charge in [0.25, 0.3) is 0 Å². The van der Waals surface area contributed by atoms with Crippen LogP contribution in [0.2, 0.25) is 0 Å². The normalized spacial score (nSPS) is 10.3. The van der Waals surface area contributed by atoms with Crippen molar-refractivity contribution in [2.24, 2.45) is 0 Å². The van der Waals surface area contributed by atoms with Crippen LogP contribution in [0.15, 0.2) is 28.1 Å². The van der Waals surface area contributed by atoms with Crippen LogP contribution >= 0.6 is 27.3 Å². The average Bonchev–Trinajstić information content (AvgIpc) is 2.59. The van der Waals surface area contributed by atoms with Gasteiger partial charge in [-0.2, -0.15) is 0 Å². The standard InChI is InChI=1S/C11H11BrN2S/c1-7-6-15-11(13-7)14-10-5-3-4-9(12)8(10)2/h3-6H,1-2H3,(H,13,14). The number of aryl methyl sites for hydroxylation is 1. The highest BCUT2D eigenvalue weighted by Gasteiger charge is 2.03. The molecular weight excluding hydrogens is 272 g/mol. The Labute approximate surface area is 101 Å². The largest absolute Gasteiger partial charge is 0.331 e. The second kappa shape index (κ2) is 4.33. The molecular formula is C11H11BrN2S. The summed E-state index contributed by atoms with van der Waals surface area (Å²) in [4.78, 5) is 4.37. The minimum Gasteiger partial charge on any atom is -0.331 e. The maximum absolute atomic E-state index is 4.37. The van der Waals surface area contributed by atoms with Gasteiger partial charge in [-0.1, -0.05) is 22.0 Å². The molecule has 1 heterocycles. The van der Waals surface area contributed by atoms with Gasteiger partial charge in [-0.25, -0.2) is 4.98 Å². The molecule has 0 aliphatic carbocycles. The molecule has 2 nitrogen and oxygen atoms in total. The molecule has 0 amide bonds. The molecule has 15 heavy (non-hydrogen) atoms. The van der Waals surface area contributed by atoms with E-state index < -0.39 is 0 Å². The molecule has 0 atom stereocenters. The Bertz CT molecular complexity index is 479. The maximum atomic E-state index is 4.37. The Balaban J connectivity index is 2.28. The first-order valence-corrected chi connectivity index (χ1v) is 6.28. The first kappa shape index (κ1) is 10.6. The number of hydrogen-bond donors (Lipinski definition) is 1. The maximum Gasteiger partial charge on any atom is 0.187 e. The van der Waals surface area contributed by atoms with Gasteiger partial charge in [0.05, 0.1) is 5.69 Å². The van der Waals surface area contributed by atoms with Gasteiger partial charge >= 0.3 is 0 Å². The predicted octanol–water partition coefficient (Wildman–Crippen LogP) is 4.27. The quantitative estimate of drug-likeness (QED) is 0.890. The molecule has 0 aliphatic rings. The molecule has 0 spiro atoms. The lowest BCUT2D eigenvalue weighted by atomic mass is 10.2. The van der Waals surface area contributed by atoms with E-state index in [1.165, 1.54) is 5.56 Å². The molecule has 1 aromatic carbocycles. The Hall–Kier alpha value is -0.870. The number of rotatable bonds is 2. The van der Waals surface area contributed by atoms with E-state index in [-0.39, 0.29) is 0 Å². The van der Waals surface area contributed by atoms with E-state index in [0.717, 1.165) is 21.0 Å². The molecule has 1 N–H and O–H groups in total. The first-order chi connectivity index (χ1) is 7.16. The Morgan fingerprint density at radius 2 is 2.13 bits per heavy atom. The summed E-state index contributed by atoms with van der Waals surface area (Å²) in [6, 6.07) is 6.10. The summed E-state index contributed by atoms with van der Waals surface area (Å²) in [5.74, 6) is 0. The fraction of sp³-hybridized carbons (Fsp3) is 0.182. The van der Waals surface area contributed by atoms with Gasteiger partial charge in [-0.05, 0) is 31.5 Å². The summed E-state index contributed by atoms with van der Waals surface area (Å²) in [5, 5.41) is 6.29. The van der Waals surface area contributed by atoms with E-state index >= 15 is 0 Å². The zero-order valence-electron chi connectivity index (χ0n) is 8.54. The van der Waals surface area contributed by atoms with Crippen LogP contribution in [-0.4, -0.2) is 4.98 Å². The molecule has 0 unspecified atom stereocenters. The van der Waals surface area contributed by atoms with Crippen LogP contribution in [0.3, 0.4) is 0 Å². The van der Waals surface area contributed by atoms with Crippen LogP contribution in [-0.2, 0) is 0 Å². The summed E-state index contributed by atoms with van der Waals surface area (Å²) in [7, 11) is 0. The van der Waals surface area contributed by atoms with Crippen molar-refractivity contribution in [3.63, 3.8) is 0 Å². The van der Waals surface area contributed by atoms with Gasteiger partial charge in [0.2, 0.25) is 0 Å². The zero-order chi connectivity index (χ0) is 10.8. The predicted molar refractivity (Wildman–Crippen MR) is 69.0 cm³/mol. The van der Waals surface area contributed by atoms with Crippen molar-refractivity contribution in [3.05, 3.63) is 39.3 Å². The van der Waals surface area contributed by atoms with Gasteiger partial charge in [0, 0.05) is 15.5 Å². The summed E-state index contributed by atoms with van der Waals surface area (Å²) in [6.07, 6.45) is 0. The van der Waals surface area contributed by atoms with Gasteiger partial charge in [-0.15, -0.1) is 11.3 Å². The first-order valence-electron chi connectivity index (χ1n) is 4.61. The van der Waals surface area contributed by atoms with E-state index in [1.807, 2.05) is 24.4 Å². The lowest BCUT2D eigenvalue weighted by Crippen LogP contribution is -1.92. The fourth-order valence-electron chi connectivity index (χ4n) is 1.27. The second-order valence-corrected chi connectivity index (χ2v) is 5.04. The lowest BCUT2D eigenvalue weighted by molar-refractivity contribution is 1.26. The van der Waals surface area contributed by atoms with E-state index in [1.54, 1.807) is 11.3 Å². The Morgan fingerprint density at radius 1 is 1.33 bits per heavy atom. The third-order valence-electron chi connectivity index (χ3n) is 2.13. The van der Waals surface area contributed by atoms with Crippen molar-refractivity contribution in [2.45, 2.75) is 13.8 Å². The van der Waals surface area contributed by atoms with E-state index in [4.69, 9.17) is 0 Å². The van der Waals surface area contributed by atoms with E-state index in [2.05, 4.69) is 39.2 Å². The van der Waals surface area contributed by atoms with Crippen molar-refractivity contribution < 1.29 is 0 Å². The number of thiazole rings is 1. The zero-order valence-corrected chi connectivity index (χ0v) is 10.9. The number of benzene rings is 1. The summed E-state index contributed by atoms with van der Waals surface area (Å²) >= 11 is 5.13. The van der Waals surface area contributed by atoms with Crippen LogP contribution in [0.5, 0.6) is 0 Å². The van der Waals surface area contributed by atoms with E-state index in [9.17, 15) is 0 Å². The molecule has 0 saturated carbocycles. The third kappa shape index (κ3) is 2.38. The third-order valence-corrected chi connectivity index (χ3v) is 3.86. The minimum absolute atomic E-state index is 0.939. The topological polar surface area (TPSA) is 24.9 Å². The summed E-state index contributed by atoms with van der Waals surface area (Å²) in [5.41, 5.74) is 3.35. The van der Waals surface area contributed by atoms with Gasteiger partial charge in [0.1, 0.15) is 0 Å². The van der Waals surface area contributed by atoms with Gasteiger partial charge in [0.15, 0.2) is 5.13 Å². The highest BCUT2D eigenvalue weighted by atomic mass is 79.9.